The zero-order chi connectivity index (χ0) is 16.1. The quantitative estimate of drug-likeness (QED) is 0.837. The van der Waals surface area contributed by atoms with Gasteiger partial charge in [0.05, 0.1) is 12.8 Å². The largest absolute Gasteiger partial charge is 0.495 e. The van der Waals surface area contributed by atoms with Crippen molar-refractivity contribution in [2.75, 3.05) is 17.7 Å². The summed E-state index contributed by atoms with van der Waals surface area (Å²) in [6.45, 7) is 3.81. The molecule has 0 saturated carbocycles. The van der Waals surface area contributed by atoms with Crippen molar-refractivity contribution >= 4 is 33.2 Å². The van der Waals surface area contributed by atoms with Crippen LogP contribution in [0.2, 0.25) is 0 Å². The summed E-state index contributed by atoms with van der Waals surface area (Å²) < 4.78 is 6.29. The summed E-state index contributed by atoms with van der Waals surface area (Å²) in [5.41, 5.74) is 2.67. The molecule has 1 atom stereocenters. The molecule has 0 fully saturated rings. The standard InChI is InChI=1S/C17H19BrN2O2/c1-11-4-9-16(22-3)15(10-11)19-12(2)17(21)20-14-7-5-13(18)6-8-14/h4-10,12,19H,1-3H3,(H,20,21)/t12-/m0/s1. The van der Waals surface area contributed by atoms with E-state index in [0.29, 0.717) is 5.75 Å². The van der Waals surface area contributed by atoms with Crippen molar-refractivity contribution in [3.63, 3.8) is 0 Å². The molecule has 116 valence electrons. The first kappa shape index (κ1) is 16.4. The number of rotatable bonds is 5. The number of carbonyl (C=O) groups is 1. The third-order valence-corrected chi connectivity index (χ3v) is 3.76. The summed E-state index contributed by atoms with van der Waals surface area (Å²) in [6, 6.07) is 12.9. The number of anilines is 2. The van der Waals surface area contributed by atoms with Crippen LogP contribution in [0.3, 0.4) is 0 Å². The molecular formula is C17H19BrN2O2. The average Bonchev–Trinajstić information content (AvgIpc) is 2.49. The zero-order valence-corrected chi connectivity index (χ0v) is 14.4. The van der Waals surface area contributed by atoms with Gasteiger partial charge in [0.25, 0.3) is 0 Å². The second-order valence-corrected chi connectivity index (χ2v) is 5.98. The summed E-state index contributed by atoms with van der Waals surface area (Å²) in [5.74, 6) is 0.611. The molecule has 5 heteroatoms. The van der Waals surface area contributed by atoms with E-state index in [4.69, 9.17) is 4.74 Å². The molecular weight excluding hydrogens is 344 g/mol. The highest BCUT2D eigenvalue weighted by Crippen LogP contribution is 2.26. The summed E-state index contributed by atoms with van der Waals surface area (Å²) in [4.78, 5) is 12.3. The number of nitrogens with one attached hydrogen (secondary N) is 2. The Morgan fingerprint density at radius 2 is 1.86 bits per heavy atom. The second-order valence-electron chi connectivity index (χ2n) is 5.07. The molecule has 2 aromatic rings. The summed E-state index contributed by atoms with van der Waals surface area (Å²) in [5, 5.41) is 6.07. The van der Waals surface area contributed by atoms with Crippen molar-refractivity contribution in [2.24, 2.45) is 0 Å². The highest BCUT2D eigenvalue weighted by Gasteiger charge is 2.15. The Kier molecular flexibility index (Phi) is 5.44. The molecule has 0 saturated heterocycles. The minimum Gasteiger partial charge on any atom is -0.495 e. The lowest BCUT2D eigenvalue weighted by Crippen LogP contribution is -2.32. The highest BCUT2D eigenvalue weighted by atomic mass is 79.9. The van der Waals surface area contributed by atoms with Gasteiger partial charge in [-0.15, -0.1) is 0 Å². The number of hydrogen-bond acceptors (Lipinski definition) is 3. The van der Waals surface area contributed by atoms with Crippen LogP contribution >= 0.6 is 15.9 Å². The Morgan fingerprint density at radius 1 is 1.18 bits per heavy atom. The smallest absolute Gasteiger partial charge is 0.246 e. The molecule has 0 aliphatic carbocycles. The SMILES string of the molecule is COc1ccc(C)cc1N[C@@H](C)C(=O)Nc1ccc(Br)cc1. The molecule has 2 aromatic carbocycles. The van der Waals surface area contributed by atoms with Crippen LogP contribution in [0.5, 0.6) is 5.75 Å². The van der Waals surface area contributed by atoms with E-state index in [1.807, 2.05) is 56.3 Å². The Morgan fingerprint density at radius 3 is 2.50 bits per heavy atom. The van der Waals surface area contributed by atoms with Crippen LogP contribution in [0.25, 0.3) is 0 Å². The fourth-order valence-corrected chi connectivity index (χ4v) is 2.28. The van der Waals surface area contributed by atoms with Gasteiger partial charge in [-0.1, -0.05) is 22.0 Å². The molecule has 22 heavy (non-hydrogen) atoms. The van der Waals surface area contributed by atoms with Crippen LogP contribution in [0.15, 0.2) is 46.9 Å². The van der Waals surface area contributed by atoms with Crippen molar-refractivity contribution in [3.8, 4) is 5.75 Å². The van der Waals surface area contributed by atoms with Gasteiger partial charge >= 0.3 is 0 Å². The minimum atomic E-state index is -0.389. The maximum Gasteiger partial charge on any atom is 0.246 e. The number of benzene rings is 2. The molecule has 0 aromatic heterocycles. The lowest BCUT2D eigenvalue weighted by Gasteiger charge is -2.18. The first-order valence-corrected chi connectivity index (χ1v) is 7.76. The fraction of sp³-hybridized carbons (Fsp3) is 0.235. The Hall–Kier alpha value is -2.01. The van der Waals surface area contributed by atoms with Crippen LogP contribution in [0.1, 0.15) is 12.5 Å². The van der Waals surface area contributed by atoms with Crippen molar-refractivity contribution in [3.05, 3.63) is 52.5 Å². The summed E-state index contributed by atoms with van der Waals surface area (Å²) in [7, 11) is 1.61. The molecule has 0 radical (unpaired) electrons. The average molecular weight is 363 g/mol. The van der Waals surface area contributed by atoms with Crippen LogP contribution in [-0.4, -0.2) is 19.1 Å². The van der Waals surface area contributed by atoms with E-state index in [0.717, 1.165) is 21.4 Å². The predicted molar refractivity (Wildman–Crippen MR) is 93.6 cm³/mol. The predicted octanol–water partition coefficient (Wildman–Crippen LogP) is 4.21. The molecule has 2 N–H and O–H groups in total. The van der Waals surface area contributed by atoms with Crippen molar-refractivity contribution in [1.29, 1.82) is 0 Å². The van der Waals surface area contributed by atoms with Gasteiger partial charge < -0.3 is 15.4 Å². The number of amides is 1. The highest BCUT2D eigenvalue weighted by molar-refractivity contribution is 9.10. The van der Waals surface area contributed by atoms with E-state index in [1.165, 1.54) is 0 Å². The van der Waals surface area contributed by atoms with E-state index >= 15 is 0 Å². The Balaban J connectivity index is 2.05. The lowest BCUT2D eigenvalue weighted by atomic mass is 10.2. The van der Waals surface area contributed by atoms with E-state index in [2.05, 4.69) is 26.6 Å². The van der Waals surface area contributed by atoms with Gasteiger partial charge in [-0.3, -0.25) is 4.79 Å². The molecule has 4 nitrogen and oxygen atoms in total. The number of aryl methyl sites for hydroxylation is 1. The third kappa shape index (κ3) is 4.24. The van der Waals surface area contributed by atoms with Crippen LogP contribution in [0, 0.1) is 6.92 Å². The van der Waals surface area contributed by atoms with Gasteiger partial charge in [0.1, 0.15) is 11.8 Å². The van der Waals surface area contributed by atoms with Gasteiger partial charge in [0, 0.05) is 10.2 Å². The molecule has 0 heterocycles. The second kappa shape index (κ2) is 7.31. The van der Waals surface area contributed by atoms with Crippen molar-refractivity contribution in [1.82, 2.24) is 0 Å². The van der Waals surface area contributed by atoms with Crippen LogP contribution in [-0.2, 0) is 4.79 Å². The first-order valence-electron chi connectivity index (χ1n) is 6.97. The number of carbonyl (C=O) groups excluding carboxylic acids is 1. The summed E-state index contributed by atoms with van der Waals surface area (Å²) >= 11 is 3.37. The fourth-order valence-electron chi connectivity index (χ4n) is 2.02. The van der Waals surface area contributed by atoms with Crippen molar-refractivity contribution < 1.29 is 9.53 Å². The van der Waals surface area contributed by atoms with Gasteiger partial charge in [-0.05, 0) is 55.8 Å². The zero-order valence-electron chi connectivity index (χ0n) is 12.8. The third-order valence-electron chi connectivity index (χ3n) is 3.23. The minimum absolute atomic E-state index is 0.106. The van der Waals surface area contributed by atoms with Crippen LogP contribution in [0.4, 0.5) is 11.4 Å². The number of halogens is 1. The molecule has 0 aliphatic heterocycles. The molecule has 0 spiro atoms. The summed E-state index contributed by atoms with van der Waals surface area (Å²) in [6.07, 6.45) is 0. The maximum atomic E-state index is 12.3. The normalized spacial score (nSPS) is 11.6. The van der Waals surface area contributed by atoms with Crippen molar-refractivity contribution in [2.45, 2.75) is 19.9 Å². The van der Waals surface area contributed by atoms with Crippen LogP contribution < -0.4 is 15.4 Å². The first-order chi connectivity index (χ1) is 10.5. The molecule has 1 amide bonds. The van der Waals surface area contributed by atoms with Gasteiger partial charge in [-0.2, -0.15) is 0 Å². The number of ether oxygens (including phenoxy) is 1. The Bertz CT molecular complexity index is 656. The molecule has 0 unspecified atom stereocenters. The van der Waals surface area contributed by atoms with E-state index in [9.17, 15) is 4.79 Å². The topological polar surface area (TPSA) is 50.4 Å². The van der Waals surface area contributed by atoms with E-state index in [-0.39, 0.29) is 11.9 Å². The monoisotopic (exact) mass is 362 g/mol. The van der Waals surface area contributed by atoms with E-state index < -0.39 is 0 Å². The molecule has 0 aliphatic rings. The van der Waals surface area contributed by atoms with Gasteiger partial charge in [0.15, 0.2) is 0 Å². The van der Waals surface area contributed by atoms with Gasteiger partial charge in [0.2, 0.25) is 5.91 Å². The van der Waals surface area contributed by atoms with Gasteiger partial charge in [-0.25, -0.2) is 0 Å². The number of hydrogen-bond donors (Lipinski definition) is 2. The van der Waals surface area contributed by atoms with E-state index in [1.54, 1.807) is 7.11 Å². The number of methoxy groups -OCH3 is 1. The molecule has 2 rings (SSSR count). The lowest BCUT2D eigenvalue weighted by molar-refractivity contribution is -0.116. The Labute approximate surface area is 139 Å². The maximum absolute atomic E-state index is 12.3. The molecule has 0 bridgehead atoms.